The predicted octanol–water partition coefficient (Wildman–Crippen LogP) is 2.75. The second-order valence-corrected chi connectivity index (χ2v) is 7.51. The second kappa shape index (κ2) is 7.00. The van der Waals surface area contributed by atoms with Crippen molar-refractivity contribution in [3.8, 4) is 0 Å². The Morgan fingerprint density at radius 3 is 2.56 bits per heavy atom. The average Bonchev–Trinajstić information content (AvgIpc) is 2.98. The van der Waals surface area contributed by atoms with Crippen molar-refractivity contribution in [3.05, 3.63) is 29.8 Å². The summed E-state index contributed by atoms with van der Waals surface area (Å²) in [6.45, 7) is 13.9. The fraction of sp³-hybridized carbons (Fsp3) is 0.611. The van der Waals surface area contributed by atoms with E-state index >= 15 is 0 Å². The van der Waals surface area contributed by atoms with Crippen LogP contribution >= 0.6 is 0 Å². The van der Waals surface area contributed by atoms with Crippen LogP contribution in [0.25, 0.3) is 0 Å². The summed E-state index contributed by atoms with van der Waals surface area (Å²) in [7, 11) is 0. The number of hydrogen-bond acceptors (Lipinski definition) is 6. The molecule has 1 N–H and O–H groups in total. The normalized spacial score (nSPS) is 16.8. The van der Waals surface area contributed by atoms with Crippen molar-refractivity contribution in [2.45, 2.75) is 46.2 Å². The number of morpholine rings is 1. The summed E-state index contributed by atoms with van der Waals surface area (Å²) in [5, 5.41) is 8.14. The molecule has 1 atom stereocenters. The molecule has 1 fully saturated rings. The van der Waals surface area contributed by atoms with Gasteiger partial charge in [-0.2, -0.15) is 5.10 Å². The van der Waals surface area contributed by atoms with Crippen molar-refractivity contribution in [2.24, 2.45) is 0 Å². The molecule has 136 valence electrons. The van der Waals surface area contributed by atoms with Gasteiger partial charge in [0.25, 0.3) is 0 Å². The lowest BCUT2D eigenvalue weighted by Crippen LogP contribution is -2.36. The van der Waals surface area contributed by atoms with Crippen molar-refractivity contribution in [1.29, 1.82) is 0 Å². The van der Waals surface area contributed by atoms with Gasteiger partial charge < -0.3 is 15.0 Å². The Balaban J connectivity index is 1.75. The number of nitrogens with one attached hydrogen (secondary N) is 1. The minimum absolute atomic E-state index is 0.0266. The molecule has 7 nitrogen and oxygen atoms in total. The van der Waals surface area contributed by atoms with Crippen molar-refractivity contribution >= 4 is 11.6 Å². The molecule has 1 aliphatic rings. The standard InChI is InChI=1S/C18H28N6O/c1-13(15-11-24(18(3,4)5)22-14(15)2)21-16-10-17(20-12-19-16)23-6-8-25-9-7-23/h10-13H,6-9H2,1-5H3,(H,19,20,21)/t13-/m0/s1. The molecule has 0 radical (unpaired) electrons. The largest absolute Gasteiger partial charge is 0.378 e. The van der Waals surface area contributed by atoms with Crippen LogP contribution in [0.15, 0.2) is 18.6 Å². The molecule has 0 bridgehead atoms. The Labute approximate surface area is 149 Å². The average molecular weight is 344 g/mol. The Kier molecular flexibility index (Phi) is 4.94. The Morgan fingerprint density at radius 2 is 1.92 bits per heavy atom. The van der Waals surface area contributed by atoms with Gasteiger partial charge in [-0.15, -0.1) is 0 Å². The highest BCUT2D eigenvalue weighted by Crippen LogP contribution is 2.24. The number of aromatic nitrogens is 4. The minimum Gasteiger partial charge on any atom is -0.378 e. The van der Waals surface area contributed by atoms with Crippen LogP contribution in [0.5, 0.6) is 0 Å². The van der Waals surface area contributed by atoms with Crippen molar-refractivity contribution in [3.63, 3.8) is 0 Å². The molecule has 0 unspecified atom stereocenters. The van der Waals surface area contributed by atoms with Gasteiger partial charge >= 0.3 is 0 Å². The quantitative estimate of drug-likeness (QED) is 0.920. The maximum Gasteiger partial charge on any atom is 0.134 e. The number of anilines is 2. The van der Waals surface area contributed by atoms with Crippen LogP contribution in [-0.4, -0.2) is 46.1 Å². The van der Waals surface area contributed by atoms with Crippen LogP contribution in [0.4, 0.5) is 11.6 Å². The zero-order valence-corrected chi connectivity index (χ0v) is 15.8. The minimum atomic E-state index is -0.0266. The monoisotopic (exact) mass is 344 g/mol. The van der Waals surface area contributed by atoms with E-state index in [-0.39, 0.29) is 11.6 Å². The Bertz CT molecular complexity index is 715. The van der Waals surface area contributed by atoms with E-state index in [1.54, 1.807) is 6.33 Å². The summed E-state index contributed by atoms with van der Waals surface area (Å²) in [4.78, 5) is 11.0. The van der Waals surface area contributed by atoms with Crippen LogP contribution < -0.4 is 10.2 Å². The zero-order chi connectivity index (χ0) is 18.0. The van der Waals surface area contributed by atoms with Gasteiger partial charge in [0.1, 0.15) is 18.0 Å². The molecule has 1 saturated heterocycles. The fourth-order valence-corrected chi connectivity index (χ4v) is 2.93. The molecular formula is C18H28N6O. The van der Waals surface area contributed by atoms with E-state index in [4.69, 9.17) is 4.74 Å². The van der Waals surface area contributed by atoms with E-state index < -0.39 is 0 Å². The van der Waals surface area contributed by atoms with Gasteiger partial charge in [0.2, 0.25) is 0 Å². The zero-order valence-electron chi connectivity index (χ0n) is 15.8. The highest BCUT2D eigenvalue weighted by molar-refractivity contribution is 5.49. The summed E-state index contributed by atoms with van der Waals surface area (Å²) in [5.41, 5.74) is 2.19. The van der Waals surface area contributed by atoms with E-state index in [0.29, 0.717) is 0 Å². The topological polar surface area (TPSA) is 68.1 Å². The first-order valence-electron chi connectivity index (χ1n) is 8.82. The SMILES string of the molecule is Cc1nn(C(C)(C)C)cc1[C@H](C)Nc1cc(N2CCOCC2)ncn1. The van der Waals surface area contributed by atoms with Crippen molar-refractivity contribution in [1.82, 2.24) is 19.7 Å². The molecule has 0 aliphatic carbocycles. The summed E-state index contributed by atoms with van der Waals surface area (Å²) < 4.78 is 7.43. The Hall–Kier alpha value is -2.15. The molecule has 25 heavy (non-hydrogen) atoms. The van der Waals surface area contributed by atoms with Gasteiger partial charge in [0.05, 0.1) is 30.5 Å². The molecular weight excluding hydrogens is 316 g/mol. The summed E-state index contributed by atoms with van der Waals surface area (Å²) in [5.74, 6) is 1.77. The molecule has 2 aromatic heterocycles. The third kappa shape index (κ3) is 4.10. The number of hydrogen-bond donors (Lipinski definition) is 1. The highest BCUT2D eigenvalue weighted by Gasteiger charge is 2.20. The van der Waals surface area contributed by atoms with Crippen LogP contribution in [0.3, 0.4) is 0 Å². The van der Waals surface area contributed by atoms with Gasteiger partial charge in [-0.05, 0) is 34.6 Å². The lowest BCUT2D eigenvalue weighted by molar-refractivity contribution is 0.122. The third-order valence-electron chi connectivity index (χ3n) is 4.44. The number of rotatable bonds is 4. The third-order valence-corrected chi connectivity index (χ3v) is 4.44. The summed E-state index contributed by atoms with van der Waals surface area (Å²) in [6.07, 6.45) is 3.74. The molecule has 2 aromatic rings. The predicted molar refractivity (Wildman–Crippen MR) is 99.1 cm³/mol. The molecule has 7 heteroatoms. The molecule has 0 amide bonds. The lowest BCUT2D eigenvalue weighted by atomic mass is 10.1. The molecule has 0 spiro atoms. The van der Waals surface area contributed by atoms with Gasteiger partial charge in [0, 0.05) is 30.9 Å². The number of nitrogens with zero attached hydrogens (tertiary/aromatic N) is 5. The first kappa shape index (κ1) is 17.7. The van der Waals surface area contributed by atoms with E-state index in [2.05, 4.69) is 66.1 Å². The number of aryl methyl sites for hydroxylation is 1. The molecule has 3 heterocycles. The van der Waals surface area contributed by atoms with Crippen LogP contribution in [-0.2, 0) is 10.3 Å². The van der Waals surface area contributed by atoms with Gasteiger partial charge in [0.15, 0.2) is 0 Å². The first-order chi connectivity index (χ1) is 11.8. The number of ether oxygens (including phenoxy) is 1. The van der Waals surface area contributed by atoms with E-state index in [1.807, 2.05) is 10.7 Å². The van der Waals surface area contributed by atoms with Gasteiger partial charge in [-0.3, -0.25) is 4.68 Å². The van der Waals surface area contributed by atoms with Crippen LogP contribution in [0.1, 0.15) is 45.0 Å². The van der Waals surface area contributed by atoms with E-state index in [9.17, 15) is 0 Å². The van der Waals surface area contributed by atoms with Crippen molar-refractivity contribution in [2.75, 3.05) is 36.5 Å². The van der Waals surface area contributed by atoms with Crippen molar-refractivity contribution < 1.29 is 4.74 Å². The maximum absolute atomic E-state index is 5.41. The summed E-state index contributed by atoms with van der Waals surface area (Å²) >= 11 is 0. The van der Waals surface area contributed by atoms with Gasteiger partial charge in [-0.25, -0.2) is 9.97 Å². The van der Waals surface area contributed by atoms with Gasteiger partial charge in [-0.1, -0.05) is 0 Å². The molecule has 0 aromatic carbocycles. The first-order valence-corrected chi connectivity index (χ1v) is 8.82. The molecule has 3 rings (SSSR count). The molecule has 0 saturated carbocycles. The van der Waals surface area contributed by atoms with Crippen LogP contribution in [0, 0.1) is 6.92 Å². The van der Waals surface area contributed by atoms with E-state index in [1.165, 1.54) is 5.56 Å². The van der Waals surface area contributed by atoms with E-state index in [0.717, 1.165) is 43.6 Å². The van der Waals surface area contributed by atoms with Crippen LogP contribution in [0.2, 0.25) is 0 Å². The molecule has 1 aliphatic heterocycles. The Morgan fingerprint density at radius 1 is 1.20 bits per heavy atom. The second-order valence-electron chi connectivity index (χ2n) is 7.51. The lowest BCUT2D eigenvalue weighted by Gasteiger charge is -2.28. The highest BCUT2D eigenvalue weighted by atomic mass is 16.5. The fourth-order valence-electron chi connectivity index (χ4n) is 2.93. The summed E-state index contributed by atoms with van der Waals surface area (Å²) in [6, 6.07) is 2.12. The smallest absolute Gasteiger partial charge is 0.134 e. The maximum atomic E-state index is 5.41.